The molecule has 0 aliphatic heterocycles. The smallest absolute Gasteiger partial charge is 0.223 e. The third-order valence-electron chi connectivity index (χ3n) is 2.23. The lowest BCUT2D eigenvalue weighted by Gasteiger charge is -2.02. The lowest BCUT2D eigenvalue weighted by atomic mass is 10.3. The Labute approximate surface area is 99.5 Å². The lowest BCUT2D eigenvalue weighted by Crippen LogP contribution is -2.18. The van der Waals surface area contributed by atoms with E-state index < -0.39 is 0 Å². The summed E-state index contributed by atoms with van der Waals surface area (Å²) in [6.45, 7) is 5.18. The summed E-state index contributed by atoms with van der Waals surface area (Å²) in [5.74, 6) is 2.12. The van der Waals surface area contributed by atoms with Crippen LogP contribution in [0.2, 0.25) is 0 Å². The van der Waals surface area contributed by atoms with E-state index in [1.807, 2.05) is 13.0 Å². The number of hydrogen-bond acceptors (Lipinski definition) is 6. The maximum atomic E-state index is 4.89. The van der Waals surface area contributed by atoms with Gasteiger partial charge in [-0.25, -0.2) is 9.97 Å². The van der Waals surface area contributed by atoms with Crippen LogP contribution >= 0.6 is 0 Å². The van der Waals surface area contributed by atoms with Crippen LogP contribution in [-0.4, -0.2) is 26.7 Å². The van der Waals surface area contributed by atoms with Crippen LogP contribution in [0.25, 0.3) is 0 Å². The molecular weight excluding hydrogens is 218 g/mol. The molecule has 17 heavy (non-hydrogen) atoms. The summed E-state index contributed by atoms with van der Waals surface area (Å²) in [7, 11) is 0. The van der Waals surface area contributed by atoms with Crippen molar-refractivity contribution >= 4 is 0 Å². The first-order chi connectivity index (χ1) is 8.24. The van der Waals surface area contributed by atoms with Crippen molar-refractivity contribution in [1.82, 2.24) is 25.4 Å². The molecule has 6 nitrogen and oxygen atoms in total. The third kappa shape index (κ3) is 3.60. The maximum absolute atomic E-state index is 4.89. The fourth-order valence-corrected chi connectivity index (χ4v) is 1.46. The fraction of sp³-hybridized carbons (Fsp3) is 0.455. The van der Waals surface area contributed by atoms with Crippen molar-refractivity contribution in [3.05, 3.63) is 35.5 Å². The van der Waals surface area contributed by atoms with Gasteiger partial charge in [0.2, 0.25) is 5.89 Å². The third-order valence-corrected chi connectivity index (χ3v) is 2.23. The molecule has 0 fully saturated rings. The van der Waals surface area contributed by atoms with E-state index in [0.717, 1.165) is 36.9 Å². The first-order valence-corrected chi connectivity index (χ1v) is 5.52. The van der Waals surface area contributed by atoms with Crippen molar-refractivity contribution < 1.29 is 4.52 Å². The summed E-state index contributed by atoms with van der Waals surface area (Å²) in [6, 6.07) is 1.90. The molecule has 2 aromatic heterocycles. The molecule has 0 unspecified atom stereocenters. The van der Waals surface area contributed by atoms with Crippen molar-refractivity contribution in [2.24, 2.45) is 0 Å². The second-order valence-corrected chi connectivity index (χ2v) is 3.75. The monoisotopic (exact) mass is 233 g/mol. The van der Waals surface area contributed by atoms with E-state index in [4.69, 9.17) is 4.52 Å². The van der Waals surface area contributed by atoms with E-state index in [9.17, 15) is 0 Å². The summed E-state index contributed by atoms with van der Waals surface area (Å²) in [5, 5.41) is 7.10. The van der Waals surface area contributed by atoms with Crippen LogP contribution in [0.5, 0.6) is 0 Å². The minimum Gasteiger partial charge on any atom is -0.340 e. The molecule has 1 N–H and O–H groups in total. The van der Waals surface area contributed by atoms with Gasteiger partial charge in [0.05, 0.1) is 5.69 Å². The molecule has 0 bridgehead atoms. The molecule has 0 spiro atoms. The predicted octanol–water partition coefficient (Wildman–Crippen LogP) is 0.809. The van der Waals surface area contributed by atoms with Crippen LogP contribution in [0, 0.1) is 13.8 Å². The molecule has 2 heterocycles. The summed E-state index contributed by atoms with van der Waals surface area (Å²) in [6.07, 6.45) is 2.52. The van der Waals surface area contributed by atoms with E-state index in [1.54, 1.807) is 13.1 Å². The molecule has 0 amide bonds. The average Bonchev–Trinajstić information content (AvgIpc) is 2.71. The molecule has 0 aromatic carbocycles. The van der Waals surface area contributed by atoms with Crippen molar-refractivity contribution in [2.75, 3.05) is 6.54 Å². The Morgan fingerprint density at radius 2 is 2.18 bits per heavy atom. The van der Waals surface area contributed by atoms with Gasteiger partial charge in [0, 0.05) is 32.6 Å². The Morgan fingerprint density at radius 3 is 2.88 bits per heavy atom. The largest absolute Gasteiger partial charge is 0.340 e. The van der Waals surface area contributed by atoms with E-state index >= 15 is 0 Å². The summed E-state index contributed by atoms with van der Waals surface area (Å²) < 4.78 is 4.89. The van der Waals surface area contributed by atoms with Crippen molar-refractivity contribution in [3.8, 4) is 0 Å². The first kappa shape index (κ1) is 11.7. The summed E-state index contributed by atoms with van der Waals surface area (Å²) >= 11 is 0. The quantitative estimate of drug-likeness (QED) is 0.770. The van der Waals surface area contributed by atoms with Gasteiger partial charge in [0.25, 0.3) is 0 Å². The molecule has 0 aliphatic rings. The molecule has 0 saturated heterocycles. The van der Waals surface area contributed by atoms with Gasteiger partial charge in [-0.15, -0.1) is 0 Å². The van der Waals surface area contributed by atoms with Gasteiger partial charge in [-0.05, 0) is 13.0 Å². The highest BCUT2D eigenvalue weighted by molar-refractivity contribution is 5.01. The second-order valence-electron chi connectivity index (χ2n) is 3.75. The maximum Gasteiger partial charge on any atom is 0.223 e. The predicted molar refractivity (Wildman–Crippen MR) is 61.2 cm³/mol. The molecule has 0 aliphatic carbocycles. The second kappa shape index (κ2) is 5.49. The topological polar surface area (TPSA) is 76.7 Å². The van der Waals surface area contributed by atoms with Gasteiger partial charge < -0.3 is 9.84 Å². The normalized spacial score (nSPS) is 10.7. The van der Waals surface area contributed by atoms with Crippen molar-refractivity contribution in [1.29, 1.82) is 0 Å². The molecule has 90 valence electrons. The minimum atomic E-state index is 0.603. The number of rotatable bonds is 5. The SMILES string of the molecule is Cc1nccc(CNCCc2noc(C)n2)n1. The fourth-order valence-electron chi connectivity index (χ4n) is 1.46. The van der Waals surface area contributed by atoms with Crippen molar-refractivity contribution in [3.63, 3.8) is 0 Å². The van der Waals surface area contributed by atoms with Gasteiger partial charge in [0.15, 0.2) is 5.82 Å². The zero-order valence-corrected chi connectivity index (χ0v) is 9.97. The Balaban J connectivity index is 1.73. The number of aryl methyl sites for hydroxylation is 2. The van der Waals surface area contributed by atoms with E-state index in [-0.39, 0.29) is 0 Å². The van der Waals surface area contributed by atoms with Gasteiger partial charge in [-0.2, -0.15) is 4.98 Å². The van der Waals surface area contributed by atoms with Crippen LogP contribution in [-0.2, 0) is 13.0 Å². The van der Waals surface area contributed by atoms with Gasteiger partial charge in [-0.3, -0.25) is 0 Å². The Bertz CT molecular complexity index is 482. The molecule has 0 saturated carbocycles. The number of nitrogens with one attached hydrogen (secondary N) is 1. The van der Waals surface area contributed by atoms with Gasteiger partial charge in [-0.1, -0.05) is 5.16 Å². The van der Waals surface area contributed by atoms with E-state index in [0.29, 0.717) is 5.89 Å². The Kier molecular flexibility index (Phi) is 3.77. The highest BCUT2D eigenvalue weighted by Crippen LogP contribution is 1.96. The van der Waals surface area contributed by atoms with E-state index in [1.165, 1.54) is 0 Å². The number of aromatic nitrogens is 4. The molecule has 2 rings (SSSR count). The van der Waals surface area contributed by atoms with Gasteiger partial charge in [0.1, 0.15) is 5.82 Å². The highest BCUT2D eigenvalue weighted by Gasteiger charge is 2.01. The zero-order valence-electron chi connectivity index (χ0n) is 9.97. The van der Waals surface area contributed by atoms with Crippen LogP contribution in [0.1, 0.15) is 23.2 Å². The molecule has 0 atom stereocenters. The zero-order chi connectivity index (χ0) is 12.1. The molecule has 6 heteroatoms. The Morgan fingerprint density at radius 1 is 1.29 bits per heavy atom. The summed E-state index contributed by atoms with van der Waals surface area (Å²) in [4.78, 5) is 12.5. The number of nitrogens with zero attached hydrogens (tertiary/aromatic N) is 4. The van der Waals surface area contributed by atoms with Crippen molar-refractivity contribution in [2.45, 2.75) is 26.8 Å². The standard InChI is InChI=1S/C11H15N5O/c1-8-13-6-3-10(14-8)7-12-5-4-11-15-9(2)17-16-11/h3,6,12H,4-5,7H2,1-2H3. The number of hydrogen-bond donors (Lipinski definition) is 1. The summed E-state index contributed by atoms with van der Waals surface area (Å²) in [5.41, 5.74) is 0.988. The molecule has 2 aromatic rings. The van der Waals surface area contributed by atoms with Crippen LogP contribution in [0.4, 0.5) is 0 Å². The Hall–Kier alpha value is -1.82. The average molecular weight is 233 g/mol. The van der Waals surface area contributed by atoms with Gasteiger partial charge >= 0.3 is 0 Å². The highest BCUT2D eigenvalue weighted by atomic mass is 16.5. The van der Waals surface area contributed by atoms with Crippen LogP contribution < -0.4 is 5.32 Å². The minimum absolute atomic E-state index is 0.603. The molecular formula is C11H15N5O. The molecule has 0 radical (unpaired) electrons. The van der Waals surface area contributed by atoms with Crippen LogP contribution in [0.15, 0.2) is 16.8 Å². The van der Waals surface area contributed by atoms with E-state index in [2.05, 4.69) is 25.4 Å². The lowest BCUT2D eigenvalue weighted by molar-refractivity contribution is 0.387. The van der Waals surface area contributed by atoms with Crippen LogP contribution in [0.3, 0.4) is 0 Å². The first-order valence-electron chi connectivity index (χ1n) is 5.52.